The highest BCUT2D eigenvalue weighted by Gasteiger charge is 2.39. The number of nitrogens with one attached hydrogen (secondary N) is 2. The maximum Gasteiger partial charge on any atom is 0.276 e. The van der Waals surface area contributed by atoms with Crippen molar-refractivity contribution in [2.75, 3.05) is 6.54 Å². The van der Waals surface area contributed by atoms with Crippen LogP contribution in [0.15, 0.2) is 89.2 Å². The molecular weight excluding hydrogens is 891 g/mol. The first kappa shape index (κ1) is 49.0. The Morgan fingerprint density at radius 2 is 1.18 bits per heavy atom. The van der Waals surface area contributed by atoms with Gasteiger partial charge < -0.3 is 30.0 Å². The number of nitrogens with zero attached hydrogens (tertiary/aromatic N) is 8. The minimum Gasteiger partial charge on any atom is -0.503 e. The molecule has 1 aromatic carbocycles. The average molecular weight is 950 g/mol. The van der Waals surface area contributed by atoms with Gasteiger partial charge in [0.2, 0.25) is 0 Å². The van der Waals surface area contributed by atoms with E-state index in [1.54, 1.807) is 12.4 Å². The second kappa shape index (κ2) is 21.0. The van der Waals surface area contributed by atoms with Gasteiger partial charge in [-0.15, -0.1) is 0 Å². The highest BCUT2D eigenvalue weighted by Crippen LogP contribution is 2.42. The van der Waals surface area contributed by atoms with E-state index in [1.807, 2.05) is 45.9 Å². The summed E-state index contributed by atoms with van der Waals surface area (Å²) in [6.45, 7) is 11.3. The number of hydrogen-bond acceptors (Lipinski definition) is 10. The first-order valence-corrected chi connectivity index (χ1v) is 23.6. The number of rotatable bonds is 12. The largest absolute Gasteiger partial charge is 0.503 e. The summed E-state index contributed by atoms with van der Waals surface area (Å²) in [6, 6.07) is 12.0. The lowest BCUT2D eigenvalue weighted by atomic mass is 9.97. The van der Waals surface area contributed by atoms with E-state index < -0.39 is 45.7 Å². The third-order valence-electron chi connectivity index (χ3n) is 12.8. The number of aromatic hydroxyl groups is 2. The van der Waals surface area contributed by atoms with Gasteiger partial charge in [-0.1, -0.05) is 64.1 Å². The SMILES string of the molecule is CC.CCCNC(=O)c1nn(CC2(n3cc(C)c4cccnc43)CCCC2)cc(O)c1=O.Cc1cn(C2(Cn3cc(O)c(=O)c(C(=O)NCc4ccc(F)c(Cl)c4)n3)CCCC2)c2ncccc12. The lowest BCUT2D eigenvalue weighted by Crippen LogP contribution is -2.38. The molecule has 2 amide bonds. The number of benzene rings is 1. The topological polar surface area (TPSA) is 204 Å². The monoisotopic (exact) mass is 948 g/mol. The van der Waals surface area contributed by atoms with E-state index >= 15 is 0 Å². The van der Waals surface area contributed by atoms with E-state index in [9.17, 15) is 33.8 Å². The Balaban J connectivity index is 0.000000197. The van der Waals surface area contributed by atoms with Crippen molar-refractivity contribution in [3.05, 3.63) is 139 Å². The first-order chi connectivity index (χ1) is 32.7. The number of halogens is 2. The van der Waals surface area contributed by atoms with Crippen molar-refractivity contribution in [3.63, 3.8) is 0 Å². The molecule has 0 aliphatic heterocycles. The minimum absolute atomic E-state index is 0.0137. The Morgan fingerprint density at radius 1 is 0.721 bits per heavy atom. The van der Waals surface area contributed by atoms with Gasteiger partial charge in [-0.2, -0.15) is 10.2 Å². The fourth-order valence-corrected chi connectivity index (χ4v) is 9.73. The summed E-state index contributed by atoms with van der Waals surface area (Å²) in [6.07, 6.45) is 18.9. The number of carbonyl (C=O) groups excluding carboxylic acids is 2. The molecule has 2 aliphatic rings. The average Bonchev–Trinajstić information content (AvgIpc) is 4.16. The van der Waals surface area contributed by atoms with Gasteiger partial charge in [0.1, 0.15) is 17.1 Å². The third kappa shape index (κ3) is 10.0. The highest BCUT2D eigenvalue weighted by molar-refractivity contribution is 6.30. The number of carbonyl (C=O) groups is 2. The van der Waals surface area contributed by atoms with Crippen LogP contribution < -0.4 is 21.5 Å². The molecule has 2 saturated carbocycles. The molecule has 7 aromatic rings. The fraction of sp³-hybridized carbons (Fsp3) is 0.400. The van der Waals surface area contributed by atoms with Crippen LogP contribution in [0.3, 0.4) is 0 Å². The van der Waals surface area contributed by atoms with Gasteiger partial charge in [-0.05, 0) is 99.0 Å². The first-order valence-electron chi connectivity index (χ1n) is 23.2. The van der Waals surface area contributed by atoms with Crippen LogP contribution in [0.25, 0.3) is 22.1 Å². The molecule has 2 aliphatic carbocycles. The molecule has 0 spiro atoms. The van der Waals surface area contributed by atoms with Gasteiger partial charge >= 0.3 is 0 Å². The van der Waals surface area contributed by atoms with Crippen molar-refractivity contribution < 1.29 is 24.2 Å². The molecule has 4 N–H and O–H groups in total. The standard InChI is InChI=1S/C26H25ClFN5O3.C22H27N5O3.C2H6/c1-16-13-33(24-18(16)5-4-10-29-24)26(8-2-3-9-26)15-32-14-21(34)23(35)22(31-32)25(36)30-12-17-6-7-20(28)19(27)11-17;1-3-10-24-21(30)18-19(29)17(28)13-26(25-18)14-22(8-4-5-9-22)27-12-15(2)16-7-6-11-23-20(16)27;1-2/h4-7,10-11,13-14,34H,2-3,8-9,12,15H2,1H3,(H,30,36);6-7,11-13,28H,3-5,8-10,14H2,1-2H3,(H,24,30);1-2H3. The van der Waals surface area contributed by atoms with Crippen molar-refractivity contribution in [2.24, 2.45) is 0 Å². The van der Waals surface area contributed by atoms with Crippen molar-refractivity contribution in [2.45, 2.75) is 123 Å². The van der Waals surface area contributed by atoms with Crippen molar-refractivity contribution in [1.29, 1.82) is 0 Å². The van der Waals surface area contributed by atoms with E-state index in [4.69, 9.17) is 11.6 Å². The van der Waals surface area contributed by atoms with Crippen LogP contribution in [-0.4, -0.2) is 67.2 Å². The van der Waals surface area contributed by atoms with Crippen LogP contribution in [0.4, 0.5) is 4.39 Å². The number of pyridine rings is 2. The molecule has 9 rings (SSSR count). The number of aromatic nitrogens is 8. The smallest absolute Gasteiger partial charge is 0.276 e. The van der Waals surface area contributed by atoms with Gasteiger partial charge in [0.25, 0.3) is 22.7 Å². The molecule has 0 radical (unpaired) electrons. The zero-order valence-corrected chi connectivity index (χ0v) is 39.8. The Kier molecular flexibility index (Phi) is 15.1. The maximum absolute atomic E-state index is 13.4. The van der Waals surface area contributed by atoms with Crippen LogP contribution in [0.1, 0.15) is 116 Å². The zero-order chi connectivity index (χ0) is 48.8. The summed E-state index contributed by atoms with van der Waals surface area (Å²) in [5.74, 6) is -2.89. The number of fused-ring (bicyclic) bond motifs is 2. The van der Waals surface area contributed by atoms with Crippen molar-refractivity contribution in [3.8, 4) is 11.5 Å². The molecule has 18 heteroatoms. The summed E-state index contributed by atoms with van der Waals surface area (Å²) in [5, 5.41) is 36.5. The quantitative estimate of drug-likeness (QED) is 0.0928. The summed E-state index contributed by atoms with van der Waals surface area (Å²) >= 11 is 5.80. The van der Waals surface area contributed by atoms with Crippen LogP contribution in [0.5, 0.6) is 11.5 Å². The second-order valence-corrected chi connectivity index (χ2v) is 17.8. The normalized spacial score (nSPS) is 14.8. The number of hydrogen-bond donors (Lipinski definition) is 4. The Bertz CT molecular complexity index is 3070. The summed E-state index contributed by atoms with van der Waals surface area (Å²) < 4.78 is 20.8. The molecule has 0 bridgehead atoms. The molecule has 6 aromatic heterocycles. The van der Waals surface area contributed by atoms with Crippen LogP contribution in [-0.2, 0) is 30.7 Å². The Labute approximate surface area is 397 Å². The fourth-order valence-electron chi connectivity index (χ4n) is 9.53. The van der Waals surface area contributed by atoms with Crippen molar-refractivity contribution in [1.82, 2.24) is 49.3 Å². The van der Waals surface area contributed by atoms with Crippen molar-refractivity contribution >= 4 is 45.5 Å². The second-order valence-electron chi connectivity index (χ2n) is 17.4. The molecule has 0 unspecified atom stereocenters. The molecule has 0 saturated heterocycles. The third-order valence-corrected chi connectivity index (χ3v) is 13.1. The summed E-state index contributed by atoms with van der Waals surface area (Å²) in [5.41, 5.74) is 1.67. The molecule has 358 valence electrons. The van der Waals surface area contributed by atoms with Gasteiger partial charge in [0.15, 0.2) is 22.9 Å². The highest BCUT2D eigenvalue weighted by atomic mass is 35.5. The van der Waals surface area contributed by atoms with Gasteiger partial charge in [0.05, 0.1) is 41.6 Å². The van der Waals surface area contributed by atoms with E-state index in [1.165, 1.54) is 40.0 Å². The minimum atomic E-state index is -0.856. The number of amides is 2. The Morgan fingerprint density at radius 3 is 1.62 bits per heavy atom. The van der Waals surface area contributed by atoms with Crippen LogP contribution in [0, 0.1) is 19.7 Å². The molecule has 68 heavy (non-hydrogen) atoms. The zero-order valence-electron chi connectivity index (χ0n) is 39.1. The lowest BCUT2D eigenvalue weighted by molar-refractivity contribution is 0.0933. The maximum atomic E-state index is 13.4. The van der Waals surface area contributed by atoms with E-state index in [0.717, 1.165) is 91.0 Å². The predicted molar refractivity (Wildman–Crippen MR) is 259 cm³/mol. The molecular formula is C50H58ClFN10O6. The predicted octanol–water partition coefficient (Wildman–Crippen LogP) is 8.04. The molecule has 16 nitrogen and oxygen atoms in total. The molecule has 2 fully saturated rings. The van der Waals surface area contributed by atoms with E-state index in [0.29, 0.717) is 25.2 Å². The van der Waals surface area contributed by atoms with Gasteiger partial charge in [-0.3, -0.25) is 28.5 Å². The number of aryl methyl sites for hydroxylation is 2. The van der Waals surface area contributed by atoms with E-state index in [-0.39, 0.29) is 28.3 Å². The lowest BCUT2D eigenvalue weighted by Gasteiger charge is -2.32. The van der Waals surface area contributed by atoms with E-state index in [2.05, 4.69) is 65.3 Å². The van der Waals surface area contributed by atoms with Gasteiger partial charge in [0, 0.05) is 48.6 Å². The van der Waals surface area contributed by atoms with Crippen LogP contribution in [0.2, 0.25) is 5.02 Å². The van der Waals surface area contributed by atoms with Gasteiger partial charge in [-0.25, -0.2) is 14.4 Å². The Hall–Kier alpha value is -6.88. The molecule has 0 atom stereocenters. The summed E-state index contributed by atoms with van der Waals surface area (Å²) in [4.78, 5) is 59.3. The molecule has 6 heterocycles. The summed E-state index contributed by atoms with van der Waals surface area (Å²) in [7, 11) is 0. The van der Waals surface area contributed by atoms with Crippen LogP contribution >= 0.6 is 11.6 Å².